The van der Waals surface area contributed by atoms with Crippen LogP contribution in [-0.4, -0.2) is 18.1 Å². The van der Waals surface area contributed by atoms with Crippen LogP contribution in [0.25, 0.3) is 32.7 Å². The van der Waals surface area contributed by atoms with Crippen LogP contribution in [0.2, 0.25) is 5.02 Å². The van der Waals surface area contributed by atoms with Gasteiger partial charge in [-0.15, -0.1) is 0 Å². The normalized spacial score (nSPS) is 14.1. The molecule has 3 heterocycles. The van der Waals surface area contributed by atoms with E-state index in [2.05, 4.69) is 4.90 Å². The van der Waals surface area contributed by atoms with Crippen molar-refractivity contribution < 1.29 is 4.42 Å². The smallest absolute Gasteiger partial charge is 0.336 e. The van der Waals surface area contributed by atoms with Crippen LogP contribution in [0.1, 0.15) is 12.8 Å². The number of thiazole rings is 1. The number of hydrogen-bond donors (Lipinski definition) is 0. The number of aromatic nitrogens is 1. The highest BCUT2D eigenvalue weighted by atomic mass is 35.5. The van der Waals surface area contributed by atoms with Crippen molar-refractivity contribution in [3.63, 3.8) is 0 Å². The van der Waals surface area contributed by atoms with E-state index in [0.29, 0.717) is 10.6 Å². The predicted octanol–water partition coefficient (Wildman–Crippen LogP) is 5.84. The summed E-state index contributed by atoms with van der Waals surface area (Å²) >= 11 is 7.87. The van der Waals surface area contributed by atoms with Crippen molar-refractivity contribution in [1.82, 2.24) is 4.98 Å². The third-order valence-electron chi connectivity index (χ3n) is 4.99. The van der Waals surface area contributed by atoms with Gasteiger partial charge in [0.1, 0.15) is 5.58 Å². The van der Waals surface area contributed by atoms with Gasteiger partial charge in [-0.3, -0.25) is 0 Å². The molecular formula is C22H17ClN2O2S. The number of nitrogens with zero attached hydrogens (tertiary/aromatic N) is 2. The van der Waals surface area contributed by atoms with Crippen LogP contribution in [-0.2, 0) is 0 Å². The molecule has 0 radical (unpaired) electrons. The lowest BCUT2D eigenvalue weighted by atomic mass is 10.0. The molecule has 0 amide bonds. The van der Waals surface area contributed by atoms with E-state index < -0.39 is 0 Å². The van der Waals surface area contributed by atoms with Crippen LogP contribution in [0, 0.1) is 0 Å². The van der Waals surface area contributed by atoms with Gasteiger partial charge in [0, 0.05) is 40.7 Å². The lowest BCUT2D eigenvalue weighted by molar-refractivity contribution is 0.561. The topological polar surface area (TPSA) is 46.3 Å². The summed E-state index contributed by atoms with van der Waals surface area (Å²) in [5.74, 6) is 0. The summed E-state index contributed by atoms with van der Waals surface area (Å²) in [6.07, 6.45) is 2.37. The first-order valence-electron chi connectivity index (χ1n) is 9.24. The molecule has 4 aromatic rings. The highest BCUT2D eigenvalue weighted by molar-refractivity contribution is 7.19. The highest BCUT2D eigenvalue weighted by Crippen LogP contribution is 2.43. The lowest BCUT2D eigenvalue weighted by Gasteiger charge is -2.12. The van der Waals surface area contributed by atoms with Gasteiger partial charge in [-0.25, -0.2) is 9.78 Å². The van der Waals surface area contributed by atoms with Crippen molar-refractivity contribution in [3.05, 3.63) is 70.0 Å². The van der Waals surface area contributed by atoms with Gasteiger partial charge >= 0.3 is 5.63 Å². The van der Waals surface area contributed by atoms with E-state index in [1.165, 1.54) is 12.8 Å². The summed E-state index contributed by atoms with van der Waals surface area (Å²) in [6, 6.07) is 17.0. The van der Waals surface area contributed by atoms with E-state index in [4.69, 9.17) is 21.0 Å². The minimum atomic E-state index is -0.375. The molecule has 1 aliphatic rings. The number of benzene rings is 2. The van der Waals surface area contributed by atoms with Gasteiger partial charge in [-0.2, -0.15) is 0 Å². The molecule has 28 heavy (non-hydrogen) atoms. The van der Waals surface area contributed by atoms with Gasteiger partial charge in [0.25, 0.3) is 0 Å². The molecular weight excluding hydrogens is 392 g/mol. The quantitative estimate of drug-likeness (QED) is 0.400. The van der Waals surface area contributed by atoms with Crippen molar-refractivity contribution in [3.8, 4) is 21.7 Å². The summed E-state index contributed by atoms with van der Waals surface area (Å²) in [5, 5.41) is 2.42. The minimum absolute atomic E-state index is 0.375. The Bertz CT molecular complexity index is 1210. The number of hydrogen-bond acceptors (Lipinski definition) is 5. The fraction of sp³-hybridized carbons (Fsp3) is 0.182. The molecule has 0 bridgehead atoms. The van der Waals surface area contributed by atoms with Crippen LogP contribution in [0.3, 0.4) is 0 Å². The van der Waals surface area contributed by atoms with Gasteiger partial charge in [-0.05, 0) is 31.0 Å². The van der Waals surface area contributed by atoms with Gasteiger partial charge in [-0.1, -0.05) is 53.3 Å². The van der Waals surface area contributed by atoms with Crippen LogP contribution in [0.4, 0.5) is 5.13 Å². The van der Waals surface area contributed by atoms with E-state index in [1.54, 1.807) is 29.5 Å². The third kappa shape index (κ3) is 3.11. The molecule has 2 aromatic heterocycles. The lowest BCUT2D eigenvalue weighted by Crippen LogP contribution is -2.17. The molecule has 0 N–H and O–H groups in total. The Hall–Kier alpha value is -2.63. The fourth-order valence-corrected chi connectivity index (χ4v) is 4.99. The molecule has 1 saturated heterocycles. The van der Waals surface area contributed by atoms with Gasteiger partial charge in [0.05, 0.1) is 10.6 Å². The molecule has 6 heteroatoms. The summed E-state index contributed by atoms with van der Waals surface area (Å²) in [6.45, 7) is 2.04. The first-order valence-corrected chi connectivity index (χ1v) is 10.4. The highest BCUT2D eigenvalue weighted by Gasteiger charge is 2.22. The van der Waals surface area contributed by atoms with Crippen LogP contribution in [0.5, 0.6) is 0 Å². The van der Waals surface area contributed by atoms with E-state index in [0.717, 1.165) is 45.3 Å². The van der Waals surface area contributed by atoms with Crippen molar-refractivity contribution in [2.24, 2.45) is 0 Å². The Morgan fingerprint density at radius 2 is 1.82 bits per heavy atom. The molecule has 140 valence electrons. The second-order valence-corrected chi connectivity index (χ2v) is 8.27. The van der Waals surface area contributed by atoms with E-state index in [1.807, 2.05) is 36.4 Å². The SMILES string of the molecule is O=c1cc(-c2sc(N3CCCC3)nc2-c2ccccc2)c2cc(Cl)ccc2o1. The van der Waals surface area contributed by atoms with E-state index in [-0.39, 0.29) is 5.63 Å². The summed E-state index contributed by atoms with van der Waals surface area (Å²) < 4.78 is 5.39. The van der Waals surface area contributed by atoms with E-state index in [9.17, 15) is 4.79 Å². The Labute approximate surface area is 171 Å². The standard InChI is InChI=1S/C22H17ClN2O2S/c23-15-8-9-18-16(12-15)17(13-19(26)27-18)21-20(14-6-2-1-3-7-14)24-22(28-21)25-10-4-5-11-25/h1-3,6-9,12-13H,4-5,10-11H2. The molecule has 0 aliphatic carbocycles. The molecule has 1 aliphatic heterocycles. The maximum atomic E-state index is 12.2. The molecule has 4 nitrogen and oxygen atoms in total. The van der Waals surface area contributed by atoms with Gasteiger partial charge in [0.15, 0.2) is 5.13 Å². The second kappa shape index (κ2) is 7.08. The number of anilines is 1. The first kappa shape index (κ1) is 17.5. The predicted molar refractivity (Wildman–Crippen MR) is 115 cm³/mol. The molecule has 0 atom stereocenters. The molecule has 0 saturated carbocycles. The Morgan fingerprint density at radius 3 is 2.61 bits per heavy atom. The van der Waals surface area contributed by atoms with Crippen LogP contribution in [0.15, 0.2) is 63.8 Å². The van der Waals surface area contributed by atoms with Crippen molar-refractivity contribution in [2.75, 3.05) is 18.0 Å². The van der Waals surface area contributed by atoms with Crippen molar-refractivity contribution in [2.45, 2.75) is 12.8 Å². The van der Waals surface area contributed by atoms with Gasteiger partial charge < -0.3 is 9.32 Å². The third-order valence-corrected chi connectivity index (χ3v) is 6.37. The van der Waals surface area contributed by atoms with Gasteiger partial charge in [0.2, 0.25) is 0 Å². The van der Waals surface area contributed by atoms with Crippen molar-refractivity contribution in [1.29, 1.82) is 0 Å². The monoisotopic (exact) mass is 408 g/mol. The zero-order valence-corrected chi connectivity index (χ0v) is 16.6. The molecule has 5 rings (SSSR count). The van der Waals surface area contributed by atoms with E-state index >= 15 is 0 Å². The average molecular weight is 409 g/mol. The molecule has 2 aromatic carbocycles. The molecule has 1 fully saturated rings. The second-order valence-electron chi connectivity index (χ2n) is 6.85. The number of halogens is 1. The molecule has 0 unspecified atom stereocenters. The first-order chi connectivity index (χ1) is 13.7. The minimum Gasteiger partial charge on any atom is -0.423 e. The van der Waals surface area contributed by atoms with Crippen LogP contribution >= 0.6 is 22.9 Å². The molecule has 0 spiro atoms. The Balaban J connectivity index is 1.79. The zero-order valence-electron chi connectivity index (χ0n) is 15.0. The largest absolute Gasteiger partial charge is 0.423 e. The fourth-order valence-electron chi connectivity index (χ4n) is 3.65. The number of rotatable bonds is 3. The summed E-state index contributed by atoms with van der Waals surface area (Å²) in [5.41, 5.74) is 2.89. The maximum absolute atomic E-state index is 12.2. The average Bonchev–Trinajstić information content (AvgIpc) is 3.38. The summed E-state index contributed by atoms with van der Waals surface area (Å²) in [4.78, 5) is 20.5. The zero-order chi connectivity index (χ0) is 19.1. The Morgan fingerprint density at radius 1 is 1.04 bits per heavy atom. The Kier molecular flexibility index (Phi) is 4.41. The summed E-state index contributed by atoms with van der Waals surface area (Å²) in [7, 11) is 0. The van der Waals surface area contributed by atoms with Crippen molar-refractivity contribution >= 4 is 39.0 Å². The number of fused-ring (bicyclic) bond motifs is 1. The maximum Gasteiger partial charge on any atom is 0.336 e. The van der Waals surface area contributed by atoms with Crippen LogP contribution < -0.4 is 10.5 Å².